The number of thiazole rings is 1. The summed E-state index contributed by atoms with van der Waals surface area (Å²) in [6.07, 6.45) is 8.08. The molecule has 1 aliphatic heterocycles. The molecule has 5 nitrogen and oxygen atoms in total. The lowest BCUT2D eigenvalue weighted by Gasteiger charge is -2.30. The van der Waals surface area contributed by atoms with Crippen LogP contribution < -0.4 is 4.74 Å². The van der Waals surface area contributed by atoms with Crippen LogP contribution in [0.2, 0.25) is 0 Å². The largest absolute Gasteiger partial charge is 0.453 e. The van der Waals surface area contributed by atoms with Gasteiger partial charge in [-0.25, -0.2) is 9.37 Å². The minimum atomic E-state index is -0.495. The van der Waals surface area contributed by atoms with Crippen LogP contribution in [-0.4, -0.2) is 33.9 Å². The Bertz CT molecular complexity index is 1260. The van der Waals surface area contributed by atoms with Crippen LogP contribution in [0.4, 0.5) is 4.39 Å². The molecule has 1 saturated heterocycles. The number of likely N-dealkylation sites (tertiary alicyclic amines) is 1. The van der Waals surface area contributed by atoms with Crippen LogP contribution in [0.1, 0.15) is 29.3 Å². The molecule has 0 saturated carbocycles. The number of amides is 1. The van der Waals surface area contributed by atoms with Crippen molar-refractivity contribution in [2.45, 2.75) is 18.8 Å². The van der Waals surface area contributed by atoms with Gasteiger partial charge in [-0.3, -0.25) is 9.78 Å². The maximum Gasteiger partial charge on any atom is 0.246 e. The summed E-state index contributed by atoms with van der Waals surface area (Å²) in [6.45, 7) is 1.38. The van der Waals surface area contributed by atoms with Crippen molar-refractivity contribution in [1.29, 1.82) is 0 Å². The highest BCUT2D eigenvalue weighted by Gasteiger charge is 2.25. The molecule has 2 aromatic heterocycles. The smallest absolute Gasteiger partial charge is 0.246 e. The van der Waals surface area contributed by atoms with Gasteiger partial charge in [0.05, 0.1) is 21.4 Å². The van der Waals surface area contributed by atoms with Crippen LogP contribution in [0.25, 0.3) is 16.3 Å². The molecule has 0 bridgehead atoms. The molecule has 0 unspecified atom stereocenters. The maximum atomic E-state index is 14.4. The van der Waals surface area contributed by atoms with Gasteiger partial charge in [-0.15, -0.1) is 11.3 Å². The number of nitrogens with zero attached hydrogens (tertiary/aromatic N) is 3. The number of hydrogen-bond acceptors (Lipinski definition) is 5. The van der Waals surface area contributed by atoms with Crippen molar-refractivity contribution < 1.29 is 13.9 Å². The third-order valence-corrected chi connectivity index (χ3v) is 6.90. The quantitative estimate of drug-likeness (QED) is 0.341. The maximum absolute atomic E-state index is 14.4. The molecule has 3 heterocycles. The van der Waals surface area contributed by atoms with Gasteiger partial charge >= 0.3 is 0 Å². The average molecular weight is 460 g/mol. The first-order valence-electron chi connectivity index (χ1n) is 10.9. The van der Waals surface area contributed by atoms with Gasteiger partial charge in [-0.05, 0) is 60.9 Å². The summed E-state index contributed by atoms with van der Waals surface area (Å²) < 4.78 is 21.1. The molecule has 7 heteroatoms. The Labute approximate surface area is 195 Å². The van der Waals surface area contributed by atoms with Gasteiger partial charge in [0, 0.05) is 31.3 Å². The predicted octanol–water partition coefficient (Wildman–Crippen LogP) is 6.04. The fraction of sp³-hybridized carbons (Fsp3) is 0.192. The first-order valence-corrected chi connectivity index (χ1v) is 11.7. The Morgan fingerprint density at radius 1 is 1.12 bits per heavy atom. The Morgan fingerprint density at radius 2 is 1.97 bits per heavy atom. The number of carbonyl (C=O) groups is 1. The average Bonchev–Trinajstić information content (AvgIpc) is 3.29. The van der Waals surface area contributed by atoms with E-state index in [1.54, 1.807) is 47.9 Å². The van der Waals surface area contributed by atoms with Gasteiger partial charge in [0.1, 0.15) is 5.75 Å². The molecule has 0 aliphatic carbocycles. The number of aromatic nitrogens is 2. The number of ether oxygens (including phenoxy) is 1. The van der Waals surface area contributed by atoms with E-state index in [9.17, 15) is 9.18 Å². The minimum Gasteiger partial charge on any atom is -0.453 e. The fourth-order valence-corrected chi connectivity index (χ4v) is 5.06. The fourth-order valence-electron chi connectivity index (χ4n) is 3.92. The van der Waals surface area contributed by atoms with Crippen molar-refractivity contribution in [3.63, 3.8) is 0 Å². The number of pyridine rings is 1. The third kappa shape index (κ3) is 4.93. The van der Waals surface area contributed by atoms with Crippen molar-refractivity contribution in [1.82, 2.24) is 14.9 Å². The molecular weight excluding hydrogens is 437 g/mol. The lowest BCUT2D eigenvalue weighted by Crippen LogP contribution is -2.36. The SMILES string of the molecule is O=C(/C=C/c1ccc(Oc2cccnc2)c(F)c1)N1CCC(c2nc3ccccc3s2)CC1. The number of hydrogen-bond donors (Lipinski definition) is 0. The van der Waals surface area contributed by atoms with E-state index in [2.05, 4.69) is 11.1 Å². The van der Waals surface area contributed by atoms with E-state index in [0.29, 0.717) is 30.3 Å². The summed E-state index contributed by atoms with van der Waals surface area (Å²) >= 11 is 1.75. The summed E-state index contributed by atoms with van der Waals surface area (Å²) in [5.74, 6) is 0.406. The van der Waals surface area contributed by atoms with Gasteiger partial charge in [0.15, 0.2) is 11.6 Å². The lowest BCUT2D eigenvalue weighted by atomic mass is 9.97. The molecule has 1 amide bonds. The van der Waals surface area contributed by atoms with Crippen LogP contribution in [0.3, 0.4) is 0 Å². The van der Waals surface area contributed by atoms with Crippen molar-refractivity contribution in [3.05, 3.63) is 89.5 Å². The van der Waals surface area contributed by atoms with Crippen molar-refractivity contribution in [3.8, 4) is 11.5 Å². The summed E-state index contributed by atoms with van der Waals surface area (Å²) in [4.78, 5) is 23.2. The van der Waals surface area contributed by atoms with Crippen LogP contribution >= 0.6 is 11.3 Å². The second-order valence-electron chi connectivity index (χ2n) is 7.93. The first kappa shape index (κ1) is 21.3. The number of benzene rings is 2. The van der Waals surface area contributed by atoms with Gasteiger partial charge in [-0.2, -0.15) is 0 Å². The van der Waals surface area contributed by atoms with Crippen molar-refractivity contribution >= 4 is 33.5 Å². The topological polar surface area (TPSA) is 55.3 Å². The van der Waals surface area contributed by atoms with Crippen LogP contribution in [0.15, 0.2) is 73.1 Å². The Balaban J connectivity index is 1.18. The number of halogens is 1. The first-order chi connectivity index (χ1) is 16.2. The zero-order valence-corrected chi connectivity index (χ0v) is 18.7. The van der Waals surface area contributed by atoms with Gasteiger partial charge < -0.3 is 9.64 Å². The molecule has 4 aromatic rings. The van der Waals surface area contributed by atoms with E-state index in [4.69, 9.17) is 9.72 Å². The second kappa shape index (κ2) is 9.50. The number of para-hydroxylation sites is 1. The highest BCUT2D eigenvalue weighted by molar-refractivity contribution is 7.18. The highest BCUT2D eigenvalue weighted by atomic mass is 32.1. The standard InChI is InChI=1S/C26H22FN3O2S/c27-21-16-18(7-9-23(21)32-20-4-3-13-28-17-20)8-10-25(31)30-14-11-19(12-15-30)26-29-22-5-1-2-6-24(22)33-26/h1-10,13,16-17,19H,11-12,14-15H2/b10-8+. The molecular formula is C26H22FN3O2S. The molecule has 0 spiro atoms. The van der Waals surface area contributed by atoms with Gasteiger partial charge in [0.25, 0.3) is 0 Å². The molecule has 1 fully saturated rings. The van der Waals surface area contributed by atoms with Crippen LogP contribution in [0, 0.1) is 5.82 Å². The normalized spacial score (nSPS) is 14.8. The van der Waals surface area contributed by atoms with Crippen LogP contribution in [-0.2, 0) is 4.79 Å². The minimum absolute atomic E-state index is 0.0613. The van der Waals surface area contributed by atoms with Gasteiger partial charge in [-0.1, -0.05) is 18.2 Å². The molecule has 5 rings (SSSR count). The molecule has 1 aliphatic rings. The number of piperidine rings is 1. The molecule has 33 heavy (non-hydrogen) atoms. The zero-order valence-electron chi connectivity index (χ0n) is 17.9. The molecule has 2 aromatic carbocycles. The van der Waals surface area contributed by atoms with Crippen molar-refractivity contribution in [2.75, 3.05) is 13.1 Å². The van der Waals surface area contributed by atoms with E-state index < -0.39 is 5.82 Å². The third-order valence-electron chi connectivity index (χ3n) is 5.70. The Kier molecular flexibility index (Phi) is 6.13. The van der Waals surface area contributed by atoms with E-state index in [-0.39, 0.29) is 11.7 Å². The summed E-state index contributed by atoms with van der Waals surface area (Å²) in [5, 5.41) is 1.16. The predicted molar refractivity (Wildman–Crippen MR) is 128 cm³/mol. The van der Waals surface area contributed by atoms with Gasteiger partial charge in [0.2, 0.25) is 5.91 Å². The zero-order chi connectivity index (χ0) is 22.6. The summed E-state index contributed by atoms with van der Waals surface area (Å²) in [7, 11) is 0. The number of carbonyl (C=O) groups excluding carboxylic acids is 1. The van der Waals surface area contributed by atoms with Crippen LogP contribution in [0.5, 0.6) is 11.5 Å². The number of rotatable bonds is 5. The Morgan fingerprint density at radius 3 is 2.73 bits per heavy atom. The molecule has 166 valence electrons. The highest BCUT2D eigenvalue weighted by Crippen LogP contribution is 2.34. The lowest BCUT2D eigenvalue weighted by molar-refractivity contribution is -0.126. The van der Waals surface area contributed by atoms with E-state index in [1.165, 1.54) is 23.0 Å². The molecule has 0 N–H and O–H groups in total. The van der Waals surface area contributed by atoms with E-state index >= 15 is 0 Å². The molecule has 0 radical (unpaired) electrons. The van der Waals surface area contributed by atoms with E-state index in [0.717, 1.165) is 23.4 Å². The number of fused-ring (bicyclic) bond motifs is 1. The Hall–Kier alpha value is -3.58. The summed E-state index contributed by atoms with van der Waals surface area (Å²) in [6, 6.07) is 16.2. The van der Waals surface area contributed by atoms with Crippen molar-refractivity contribution in [2.24, 2.45) is 0 Å². The summed E-state index contributed by atoms with van der Waals surface area (Å²) in [5.41, 5.74) is 1.65. The monoisotopic (exact) mass is 459 g/mol. The molecule has 0 atom stereocenters. The van der Waals surface area contributed by atoms with E-state index in [1.807, 2.05) is 23.1 Å². The second-order valence-corrected chi connectivity index (χ2v) is 9.00.